The predicted octanol–water partition coefficient (Wildman–Crippen LogP) is 6.03. The molecule has 0 fully saturated rings. The highest BCUT2D eigenvalue weighted by atomic mass is 16.4. The van der Waals surface area contributed by atoms with Gasteiger partial charge in [-0.05, 0) is 44.5 Å². The first kappa shape index (κ1) is 24.7. The fraction of sp³-hybridized carbons (Fsp3) is 0.207. The van der Waals surface area contributed by atoms with Crippen LogP contribution >= 0.6 is 0 Å². The van der Waals surface area contributed by atoms with E-state index in [9.17, 15) is 19.5 Å². The van der Waals surface area contributed by atoms with Crippen molar-refractivity contribution in [3.8, 4) is 11.3 Å². The van der Waals surface area contributed by atoms with Gasteiger partial charge in [-0.1, -0.05) is 48.5 Å². The Kier molecular flexibility index (Phi) is 7.20. The molecule has 0 spiro atoms. The van der Waals surface area contributed by atoms with E-state index in [1.54, 1.807) is 30.3 Å². The van der Waals surface area contributed by atoms with Crippen LogP contribution in [0, 0.1) is 6.92 Å². The summed E-state index contributed by atoms with van der Waals surface area (Å²) in [6, 6.07) is 19.4. The van der Waals surface area contributed by atoms with Gasteiger partial charge in [-0.25, -0.2) is 4.79 Å². The lowest BCUT2D eigenvalue weighted by atomic mass is 9.99. The van der Waals surface area contributed by atoms with Crippen molar-refractivity contribution in [3.63, 3.8) is 0 Å². The van der Waals surface area contributed by atoms with E-state index in [0.29, 0.717) is 34.6 Å². The zero-order valence-electron chi connectivity index (χ0n) is 20.4. The van der Waals surface area contributed by atoms with Crippen LogP contribution in [0.4, 0.5) is 11.4 Å². The van der Waals surface area contributed by atoms with E-state index in [1.807, 2.05) is 50.2 Å². The van der Waals surface area contributed by atoms with E-state index < -0.39 is 5.97 Å². The molecule has 1 heterocycles. The van der Waals surface area contributed by atoms with Gasteiger partial charge >= 0.3 is 5.97 Å². The fourth-order valence-corrected chi connectivity index (χ4v) is 4.22. The number of carbonyl (C=O) groups is 2. The van der Waals surface area contributed by atoms with Gasteiger partial charge in [0.05, 0.1) is 17.0 Å². The molecule has 7 nitrogen and oxygen atoms in total. The lowest BCUT2D eigenvalue weighted by molar-refractivity contribution is -0.116. The molecule has 0 aliphatic heterocycles. The van der Waals surface area contributed by atoms with Crippen molar-refractivity contribution in [2.24, 2.45) is 0 Å². The number of fused-ring (bicyclic) bond motifs is 1. The fourth-order valence-electron chi connectivity index (χ4n) is 4.22. The molecule has 4 rings (SSSR count). The van der Waals surface area contributed by atoms with Gasteiger partial charge in [-0.2, -0.15) is 0 Å². The number of carboxylic acids is 1. The predicted molar refractivity (Wildman–Crippen MR) is 142 cm³/mol. The number of Topliss-reactive ketones (excluding diaryl/α,β-unsaturated/α-hetero) is 1. The second-order valence-electron chi connectivity index (χ2n) is 8.83. The number of anilines is 2. The number of rotatable bonds is 9. The van der Waals surface area contributed by atoms with E-state index in [4.69, 9.17) is 4.42 Å². The highest BCUT2D eigenvalue weighted by Gasteiger charge is 2.21. The average Bonchev–Trinajstić information content (AvgIpc) is 2.85. The van der Waals surface area contributed by atoms with Gasteiger partial charge in [0.2, 0.25) is 5.43 Å². The summed E-state index contributed by atoms with van der Waals surface area (Å²) in [6.45, 7) is 5.62. The molecule has 0 saturated carbocycles. The van der Waals surface area contributed by atoms with Crippen LogP contribution in [0.3, 0.4) is 0 Å². The minimum Gasteiger partial charge on any atom is -0.478 e. The van der Waals surface area contributed by atoms with Crippen molar-refractivity contribution >= 4 is 34.1 Å². The van der Waals surface area contributed by atoms with Crippen molar-refractivity contribution in [2.75, 3.05) is 17.2 Å². The van der Waals surface area contributed by atoms with Crippen LogP contribution in [0.2, 0.25) is 0 Å². The smallest absolute Gasteiger partial charge is 0.337 e. The Morgan fingerprint density at radius 2 is 1.72 bits per heavy atom. The number of hydrogen-bond acceptors (Lipinski definition) is 6. The van der Waals surface area contributed by atoms with Crippen molar-refractivity contribution in [2.45, 2.75) is 33.2 Å². The molecule has 0 aliphatic rings. The van der Waals surface area contributed by atoms with E-state index in [0.717, 1.165) is 16.7 Å². The summed E-state index contributed by atoms with van der Waals surface area (Å²) in [5.41, 5.74) is 3.47. The van der Waals surface area contributed by atoms with Gasteiger partial charge < -0.3 is 20.2 Å². The third kappa shape index (κ3) is 5.15. The van der Waals surface area contributed by atoms with E-state index >= 15 is 0 Å². The topological polar surface area (TPSA) is 109 Å². The molecular formula is C29H28N2O5. The van der Waals surface area contributed by atoms with Crippen LogP contribution in [0.1, 0.15) is 47.8 Å². The summed E-state index contributed by atoms with van der Waals surface area (Å²) in [6.07, 6.45) is 0.286. The molecule has 3 aromatic carbocycles. The molecule has 0 bridgehead atoms. The number of ketones is 1. The highest BCUT2D eigenvalue weighted by molar-refractivity contribution is 5.94. The summed E-state index contributed by atoms with van der Waals surface area (Å²) in [7, 11) is 0. The Bertz CT molecular complexity index is 1490. The van der Waals surface area contributed by atoms with Crippen molar-refractivity contribution < 1.29 is 19.1 Å². The number of benzene rings is 3. The largest absolute Gasteiger partial charge is 0.478 e. The molecule has 36 heavy (non-hydrogen) atoms. The lowest BCUT2D eigenvalue weighted by Crippen LogP contribution is -2.17. The van der Waals surface area contributed by atoms with E-state index in [2.05, 4.69) is 10.6 Å². The molecule has 0 amide bonds. The number of para-hydroxylation sites is 1. The Morgan fingerprint density at radius 3 is 2.42 bits per heavy atom. The Hall–Kier alpha value is -4.39. The number of nitrogens with one attached hydrogen (secondary N) is 2. The van der Waals surface area contributed by atoms with Crippen LogP contribution in [0.25, 0.3) is 22.3 Å². The second-order valence-corrected chi connectivity index (χ2v) is 8.83. The Balaban J connectivity index is 1.88. The highest BCUT2D eigenvalue weighted by Crippen LogP contribution is 2.34. The SMILES string of the molecule is CC(=O)CCNc1c(-c2ccccc2)oc2c([C@@H](C)Nc3ccccc3C(=O)O)cc(C)cc2c1=O. The first-order valence-corrected chi connectivity index (χ1v) is 11.7. The number of carbonyl (C=O) groups excluding carboxylic acids is 1. The van der Waals surface area contributed by atoms with Crippen molar-refractivity contribution in [1.29, 1.82) is 0 Å². The molecule has 0 aliphatic carbocycles. The molecule has 0 unspecified atom stereocenters. The molecular weight excluding hydrogens is 456 g/mol. The summed E-state index contributed by atoms with van der Waals surface area (Å²) in [4.78, 5) is 36.9. The molecule has 4 aromatic rings. The third-order valence-corrected chi connectivity index (χ3v) is 5.98. The molecule has 1 atom stereocenters. The zero-order valence-corrected chi connectivity index (χ0v) is 20.4. The summed E-state index contributed by atoms with van der Waals surface area (Å²) >= 11 is 0. The van der Waals surface area contributed by atoms with Gasteiger partial charge in [0.1, 0.15) is 17.1 Å². The van der Waals surface area contributed by atoms with Gasteiger partial charge in [-0.15, -0.1) is 0 Å². The second kappa shape index (κ2) is 10.5. The maximum Gasteiger partial charge on any atom is 0.337 e. The Morgan fingerprint density at radius 1 is 1.03 bits per heavy atom. The van der Waals surface area contributed by atoms with Crippen LogP contribution in [-0.4, -0.2) is 23.4 Å². The van der Waals surface area contributed by atoms with Crippen molar-refractivity contribution in [3.05, 3.63) is 93.6 Å². The molecule has 3 N–H and O–H groups in total. The number of aryl methyl sites for hydroxylation is 1. The number of aromatic carboxylic acids is 1. The summed E-state index contributed by atoms with van der Waals surface area (Å²) < 4.78 is 6.44. The molecule has 184 valence electrons. The van der Waals surface area contributed by atoms with Gasteiger partial charge in [0.15, 0.2) is 5.76 Å². The van der Waals surface area contributed by atoms with Crippen molar-refractivity contribution in [1.82, 2.24) is 0 Å². The van der Waals surface area contributed by atoms with Crippen LogP contribution in [0.5, 0.6) is 0 Å². The van der Waals surface area contributed by atoms with E-state index in [1.165, 1.54) is 6.92 Å². The average molecular weight is 485 g/mol. The maximum atomic E-state index is 13.7. The first-order valence-electron chi connectivity index (χ1n) is 11.7. The third-order valence-electron chi connectivity index (χ3n) is 5.98. The van der Waals surface area contributed by atoms with E-state index in [-0.39, 0.29) is 29.2 Å². The monoisotopic (exact) mass is 484 g/mol. The normalized spacial score (nSPS) is 11.8. The summed E-state index contributed by atoms with van der Waals surface area (Å²) in [5.74, 6) is -0.618. The standard InChI is InChI=1S/C29H28N2O5/c1-17-15-22(19(3)31-24-12-8-7-11-21(24)29(34)35)28-23(16-17)26(33)25(30-14-13-18(2)32)27(36-28)20-9-5-4-6-10-20/h4-12,15-16,19,30-31H,13-14H2,1-3H3,(H,34,35)/t19-/m1/s1. The summed E-state index contributed by atoms with van der Waals surface area (Å²) in [5, 5.41) is 16.4. The number of hydrogen-bond donors (Lipinski definition) is 3. The molecule has 0 radical (unpaired) electrons. The minimum atomic E-state index is -1.03. The van der Waals surface area contributed by atoms with Gasteiger partial charge in [0, 0.05) is 29.8 Å². The van der Waals surface area contributed by atoms with Crippen LogP contribution in [-0.2, 0) is 4.79 Å². The minimum absolute atomic E-state index is 0.0219. The Labute approximate surface area is 208 Å². The lowest BCUT2D eigenvalue weighted by Gasteiger charge is -2.20. The zero-order chi connectivity index (χ0) is 25.8. The molecule has 7 heteroatoms. The maximum absolute atomic E-state index is 13.7. The quantitative estimate of drug-likeness (QED) is 0.266. The van der Waals surface area contributed by atoms with Gasteiger partial charge in [0.25, 0.3) is 0 Å². The molecule has 1 aromatic heterocycles. The number of carboxylic acid groups (broad SMARTS) is 1. The van der Waals surface area contributed by atoms with Gasteiger partial charge in [-0.3, -0.25) is 9.59 Å². The molecule has 0 saturated heterocycles. The van der Waals surface area contributed by atoms with Crippen LogP contribution in [0.15, 0.2) is 75.9 Å². The first-order chi connectivity index (χ1) is 17.3. The van der Waals surface area contributed by atoms with Crippen LogP contribution < -0.4 is 16.1 Å².